The predicted molar refractivity (Wildman–Crippen MR) is 150 cm³/mol. The van der Waals surface area contributed by atoms with Crippen LogP contribution in [-0.4, -0.2) is 128 Å². The Morgan fingerprint density at radius 3 is 2.20 bits per heavy atom. The number of phenolic OH excluding ortho intramolecular Hbond substituents is 3. The van der Waals surface area contributed by atoms with Gasteiger partial charge in [0.25, 0.3) is 0 Å². The molecule has 8 N–H and O–H groups in total. The van der Waals surface area contributed by atoms with E-state index in [0.717, 1.165) is 11.6 Å². The highest BCUT2D eigenvalue weighted by Gasteiger charge is 2.48. The van der Waals surface area contributed by atoms with Crippen LogP contribution in [0.25, 0.3) is 6.08 Å². The Hall–Kier alpha value is -3.31. The van der Waals surface area contributed by atoms with E-state index in [-0.39, 0.29) is 30.5 Å². The van der Waals surface area contributed by atoms with Gasteiger partial charge in [0.05, 0.1) is 19.3 Å². The van der Waals surface area contributed by atoms with Gasteiger partial charge in [-0.15, -0.1) is 0 Å². The standard InChI is InChI=1S/C30H38O14/c1-15-24(35)27(38)25(36)21(43-15)14-42-29-26(37)22(13-41-23(34)9-5-17-4-8-19(32)20(33)12-17)44-30(28(29)39)40-11-10-16-2-6-18(31)7-3-16/h2-9,12,15,21-22,24-33,35-39H,10-11,13-14H2,1H3. The van der Waals surface area contributed by atoms with E-state index in [0.29, 0.717) is 12.0 Å². The second-order valence-electron chi connectivity index (χ2n) is 10.7. The van der Waals surface area contributed by atoms with Gasteiger partial charge in [0.2, 0.25) is 0 Å². The number of benzene rings is 2. The molecule has 2 saturated heterocycles. The first-order chi connectivity index (χ1) is 20.9. The Labute approximate surface area is 252 Å². The molecule has 2 aliphatic heterocycles. The van der Waals surface area contributed by atoms with Crippen molar-refractivity contribution in [3.05, 3.63) is 59.7 Å². The van der Waals surface area contributed by atoms with E-state index in [1.807, 2.05) is 0 Å². The number of rotatable bonds is 11. The molecule has 0 aromatic heterocycles. The maximum Gasteiger partial charge on any atom is 0.330 e. The Kier molecular flexibility index (Phi) is 11.5. The number of aromatic hydroxyl groups is 3. The number of hydrogen-bond acceptors (Lipinski definition) is 14. The van der Waals surface area contributed by atoms with Crippen LogP contribution in [0.2, 0.25) is 0 Å². The van der Waals surface area contributed by atoms with E-state index in [1.165, 1.54) is 43.3 Å². The average molecular weight is 623 g/mol. The number of aliphatic hydroxyl groups is 5. The fraction of sp³-hybridized carbons (Fsp3) is 0.500. The van der Waals surface area contributed by atoms with Crippen LogP contribution in [0.4, 0.5) is 0 Å². The van der Waals surface area contributed by atoms with Crippen molar-refractivity contribution in [2.45, 2.75) is 74.6 Å². The van der Waals surface area contributed by atoms with E-state index in [4.69, 9.17) is 23.7 Å². The lowest BCUT2D eigenvalue weighted by atomic mass is 9.95. The highest BCUT2D eigenvalue weighted by Crippen LogP contribution is 2.28. The van der Waals surface area contributed by atoms with Crippen molar-refractivity contribution >= 4 is 12.0 Å². The third-order valence-electron chi connectivity index (χ3n) is 7.46. The molecule has 0 bridgehead atoms. The molecule has 2 aliphatic rings. The summed E-state index contributed by atoms with van der Waals surface area (Å²) >= 11 is 0. The summed E-state index contributed by atoms with van der Waals surface area (Å²) in [5.41, 5.74) is 1.24. The van der Waals surface area contributed by atoms with Crippen LogP contribution in [0.5, 0.6) is 17.2 Å². The van der Waals surface area contributed by atoms with Crippen LogP contribution in [0.15, 0.2) is 48.5 Å². The largest absolute Gasteiger partial charge is 0.508 e. The zero-order chi connectivity index (χ0) is 32.0. The molecule has 2 fully saturated rings. The Bertz CT molecular complexity index is 1250. The van der Waals surface area contributed by atoms with Crippen molar-refractivity contribution in [3.8, 4) is 17.2 Å². The Balaban J connectivity index is 1.40. The van der Waals surface area contributed by atoms with E-state index in [1.54, 1.807) is 12.1 Å². The first kappa shape index (κ1) is 33.6. The molecule has 242 valence electrons. The lowest BCUT2D eigenvalue weighted by Gasteiger charge is -2.43. The van der Waals surface area contributed by atoms with Gasteiger partial charge in [-0.1, -0.05) is 18.2 Å². The SMILES string of the molecule is CC1OC(COC2C(O)C(COC(=O)C=Cc3ccc(O)c(O)c3)OC(OCCc3ccc(O)cc3)C2O)C(O)C(O)C1O. The average Bonchev–Trinajstić information content (AvgIpc) is 3.00. The van der Waals surface area contributed by atoms with Gasteiger partial charge in [0.15, 0.2) is 17.8 Å². The molecule has 44 heavy (non-hydrogen) atoms. The van der Waals surface area contributed by atoms with Gasteiger partial charge in [-0.25, -0.2) is 4.79 Å². The van der Waals surface area contributed by atoms with Crippen molar-refractivity contribution in [1.82, 2.24) is 0 Å². The number of carbonyl (C=O) groups is 1. The van der Waals surface area contributed by atoms with Gasteiger partial charge in [-0.05, 0) is 54.8 Å². The number of carbonyl (C=O) groups excluding carboxylic acids is 1. The molecule has 4 rings (SSSR count). The topological polar surface area (TPSA) is 225 Å². The quantitative estimate of drug-likeness (QED) is 0.0883. The lowest BCUT2D eigenvalue weighted by molar-refractivity contribution is -0.314. The third kappa shape index (κ3) is 8.44. The zero-order valence-electron chi connectivity index (χ0n) is 23.8. The molecule has 10 atom stereocenters. The first-order valence-electron chi connectivity index (χ1n) is 14.0. The minimum absolute atomic E-state index is 0.0656. The third-order valence-corrected chi connectivity index (χ3v) is 7.46. The van der Waals surface area contributed by atoms with Crippen molar-refractivity contribution in [2.75, 3.05) is 19.8 Å². The minimum Gasteiger partial charge on any atom is -0.508 e. The predicted octanol–water partition coefficient (Wildman–Crippen LogP) is -0.679. The molecule has 0 amide bonds. The lowest BCUT2D eigenvalue weighted by Crippen LogP contribution is -2.62. The summed E-state index contributed by atoms with van der Waals surface area (Å²) in [6.07, 6.45) is -10.4. The summed E-state index contributed by atoms with van der Waals surface area (Å²) in [6, 6.07) is 10.4. The molecule has 0 aliphatic carbocycles. The smallest absolute Gasteiger partial charge is 0.330 e. The zero-order valence-corrected chi connectivity index (χ0v) is 23.8. The van der Waals surface area contributed by atoms with Gasteiger partial charge in [-0.2, -0.15) is 0 Å². The summed E-state index contributed by atoms with van der Waals surface area (Å²) in [6.45, 7) is 0.714. The minimum atomic E-state index is -1.54. The van der Waals surface area contributed by atoms with Gasteiger partial charge < -0.3 is 64.5 Å². The second kappa shape index (κ2) is 15.1. The molecule has 2 aromatic rings. The number of aliphatic hydroxyl groups excluding tert-OH is 5. The van der Waals surface area contributed by atoms with Gasteiger partial charge in [-0.3, -0.25) is 0 Å². The summed E-state index contributed by atoms with van der Waals surface area (Å²) in [5.74, 6) is -1.40. The fourth-order valence-electron chi connectivity index (χ4n) is 4.83. The number of hydrogen-bond donors (Lipinski definition) is 8. The van der Waals surface area contributed by atoms with Crippen LogP contribution in [0, 0.1) is 0 Å². The molecule has 2 heterocycles. The summed E-state index contributed by atoms with van der Waals surface area (Å²) in [5, 5.41) is 80.9. The van der Waals surface area contributed by atoms with Crippen LogP contribution < -0.4 is 0 Å². The maximum absolute atomic E-state index is 12.4. The van der Waals surface area contributed by atoms with E-state index < -0.39 is 73.8 Å². The number of esters is 1. The maximum atomic E-state index is 12.4. The molecule has 0 spiro atoms. The number of ether oxygens (including phenoxy) is 5. The van der Waals surface area contributed by atoms with Gasteiger partial charge >= 0.3 is 5.97 Å². The van der Waals surface area contributed by atoms with Crippen LogP contribution in [0.1, 0.15) is 18.1 Å². The van der Waals surface area contributed by atoms with Crippen molar-refractivity contribution < 1.29 is 69.3 Å². The molecule has 0 saturated carbocycles. The number of phenols is 3. The molecule has 2 aromatic carbocycles. The monoisotopic (exact) mass is 622 g/mol. The van der Waals surface area contributed by atoms with Crippen LogP contribution >= 0.6 is 0 Å². The summed E-state index contributed by atoms with van der Waals surface area (Å²) in [7, 11) is 0. The van der Waals surface area contributed by atoms with Crippen molar-refractivity contribution in [1.29, 1.82) is 0 Å². The van der Waals surface area contributed by atoms with Crippen LogP contribution in [0.3, 0.4) is 0 Å². The van der Waals surface area contributed by atoms with Gasteiger partial charge in [0, 0.05) is 6.08 Å². The van der Waals surface area contributed by atoms with E-state index in [9.17, 15) is 45.6 Å². The highest BCUT2D eigenvalue weighted by molar-refractivity contribution is 5.87. The van der Waals surface area contributed by atoms with Crippen LogP contribution in [-0.2, 0) is 34.9 Å². The van der Waals surface area contributed by atoms with E-state index in [2.05, 4.69) is 0 Å². The Morgan fingerprint density at radius 2 is 1.50 bits per heavy atom. The fourth-order valence-corrected chi connectivity index (χ4v) is 4.83. The van der Waals surface area contributed by atoms with Crippen molar-refractivity contribution in [3.63, 3.8) is 0 Å². The summed E-state index contributed by atoms with van der Waals surface area (Å²) in [4.78, 5) is 12.4. The second-order valence-corrected chi connectivity index (χ2v) is 10.7. The summed E-state index contributed by atoms with van der Waals surface area (Å²) < 4.78 is 28.0. The molecule has 10 unspecified atom stereocenters. The normalized spacial score (nSPS) is 32.5. The molecular weight excluding hydrogens is 584 g/mol. The van der Waals surface area contributed by atoms with Gasteiger partial charge in [0.1, 0.15) is 61.2 Å². The molecular formula is C30H38O14. The van der Waals surface area contributed by atoms with Crippen molar-refractivity contribution in [2.24, 2.45) is 0 Å². The molecule has 0 radical (unpaired) electrons. The molecule has 14 nitrogen and oxygen atoms in total. The first-order valence-corrected chi connectivity index (χ1v) is 14.0. The molecule has 14 heteroatoms. The Morgan fingerprint density at radius 1 is 0.795 bits per heavy atom. The highest BCUT2D eigenvalue weighted by atomic mass is 16.7. The van der Waals surface area contributed by atoms with E-state index >= 15 is 0 Å².